The number of likely N-dealkylation sites (tertiary alicyclic amines) is 1. The maximum atomic E-state index is 15.2. The number of nitrogens with one attached hydrogen (secondary N) is 1. The van der Waals surface area contributed by atoms with E-state index in [1.54, 1.807) is 11.9 Å². The molecule has 3 aromatic rings. The number of carbonyl (C=O) groups is 3. The first-order valence-corrected chi connectivity index (χ1v) is 12.5. The molecule has 0 saturated carbocycles. The molecule has 0 aliphatic carbocycles. The molecular formula is C30H29N3O5. The number of para-hydroxylation sites is 2. The second-order valence-corrected chi connectivity index (χ2v) is 10.2. The molecule has 3 atom stereocenters. The fraction of sp³-hybridized carbons (Fsp3) is 0.300. The Bertz CT molecular complexity index is 1460. The number of nitrogens with zero attached hydrogens (tertiary/aromatic N) is 2. The van der Waals surface area contributed by atoms with Gasteiger partial charge in [-0.3, -0.25) is 19.3 Å². The quantitative estimate of drug-likeness (QED) is 0.530. The minimum Gasteiger partial charge on any atom is -0.468 e. The van der Waals surface area contributed by atoms with Crippen molar-refractivity contribution >= 4 is 29.2 Å². The van der Waals surface area contributed by atoms with Crippen LogP contribution in [0.1, 0.15) is 16.7 Å². The summed E-state index contributed by atoms with van der Waals surface area (Å²) in [7, 11) is 4.60. The van der Waals surface area contributed by atoms with E-state index in [1.807, 2.05) is 83.8 Å². The molecule has 194 valence electrons. The molecule has 3 heterocycles. The van der Waals surface area contributed by atoms with Gasteiger partial charge < -0.3 is 19.7 Å². The van der Waals surface area contributed by atoms with Crippen molar-refractivity contribution in [1.82, 2.24) is 4.90 Å². The molecule has 1 saturated heterocycles. The van der Waals surface area contributed by atoms with Gasteiger partial charge in [0.25, 0.3) is 5.91 Å². The van der Waals surface area contributed by atoms with Crippen molar-refractivity contribution in [2.45, 2.75) is 17.5 Å². The van der Waals surface area contributed by atoms with Crippen LogP contribution in [0, 0.1) is 5.41 Å². The van der Waals surface area contributed by atoms with Crippen LogP contribution in [-0.2, 0) is 41.4 Å². The largest absolute Gasteiger partial charge is 0.468 e. The molecule has 3 aliphatic rings. The minimum atomic E-state index is -1.67. The van der Waals surface area contributed by atoms with Gasteiger partial charge in [-0.25, -0.2) is 0 Å². The van der Waals surface area contributed by atoms with Crippen molar-refractivity contribution < 1.29 is 23.9 Å². The Balaban J connectivity index is 1.73. The number of hydrogen-bond acceptors (Lipinski definition) is 6. The van der Waals surface area contributed by atoms with E-state index in [2.05, 4.69) is 5.32 Å². The van der Waals surface area contributed by atoms with Gasteiger partial charge in [-0.1, -0.05) is 66.7 Å². The van der Waals surface area contributed by atoms with Gasteiger partial charge in [-0.15, -0.1) is 0 Å². The Kier molecular flexibility index (Phi) is 5.45. The van der Waals surface area contributed by atoms with Crippen LogP contribution in [0.2, 0.25) is 0 Å². The zero-order chi connectivity index (χ0) is 26.7. The van der Waals surface area contributed by atoms with E-state index >= 15 is 4.79 Å². The van der Waals surface area contributed by atoms with E-state index < -0.39 is 22.3 Å². The van der Waals surface area contributed by atoms with Crippen molar-refractivity contribution in [2.24, 2.45) is 5.41 Å². The van der Waals surface area contributed by atoms with Crippen LogP contribution < -0.4 is 10.2 Å². The Morgan fingerprint density at radius 3 is 2.29 bits per heavy atom. The summed E-state index contributed by atoms with van der Waals surface area (Å²) in [5.74, 6) is -1.28. The topological polar surface area (TPSA) is 88.2 Å². The summed E-state index contributed by atoms with van der Waals surface area (Å²) >= 11 is 0. The van der Waals surface area contributed by atoms with Crippen molar-refractivity contribution in [1.29, 1.82) is 0 Å². The van der Waals surface area contributed by atoms with Gasteiger partial charge in [-0.2, -0.15) is 0 Å². The Labute approximate surface area is 221 Å². The van der Waals surface area contributed by atoms with E-state index in [9.17, 15) is 9.59 Å². The normalized spacial score (nSPS) is 27.6. The summed E-state index contributed by atoms with van der Waals surface area (Å²) < 4.78 is 11.1. The number of hydrogen-bond donors (Lipinski definition) is 1. The molecule has 0 bridgehead atoms. The molecule has 3 aliphatic heterocycles. The average Bonchev–Trinajstić information content (AvgIpc) is 3.47. The molecule has 3 aromatic carbocycles. The van der Waals surface area contributed by atoms with E-state index in [-0.39, 0.29) is 31.5 Å². The van der Waals surface area contributed by atoms with E-state index in [1.165, 1.54) is 14.2 Å². The lowest BCUT2D eigenvalue weighted by molar-refractivity contribution is -0.165. The molecule has 6 rings (SSSR count). The summed E-state index contributed by atoms with van der Waals surface area (Å²) in [6.45, 7) is 0.251. The van der Waals surface area contributed by atoms with E-state index in [4.69, 9.17) is 9.47 Å². The third-order valence-electron chi connectivity index (χ3n) is 8.55. The summed E-state index contributed by atoms with van der Waals surface area (Å²) in [6.07, 6.45) is 0. The first-order valence-electron chi connectivity index (χ1n) is 12.5. The molecule has 0 radical (unpaired) electrons. The molecular weight excluding hydrogens is 482 g/mol. The van der Waals surface area contributed by atoms with Gasteiger partial charge in [0.1, 0.15) is 16.4 Å². The molecule has 2 amide bonds. The molecule has 8 nitrogen and oxygen atoms in total. The highest BCUT2D eigenvalue weighted by Gasteiger charge is 2.84. The number of carbonyl (C=O) groups excluding carboxylic acids is 3. The number of amides is 2. The predicted molar refractivity (Wildman–Crippen MR) is 141 cm³/mol. The number of esters is 1. The average molecular weight is 512 g/mol. The van der Waals surface area contributed by atoms with Crippen molar-refractivity contribution in [3.8, 4) is 0 Å². The van der Waals surface area contributed by atoms with Crippen LogP contribution in [0.4, 0.5) is 11.4 Å². The van der Waals surface area contributed by atoms with Crippen molar-refractivity contribution in [3.63, 3.8) is 0 Å². The summed E-state index contributed by atoms with van der Waals surface area (Å²) in [5, 5.41) is 3.02. The molecule has 2 spiro atoms. The minimum absolute atomic E-state index is 0.0779. The SMILES string of the molecule is COC[C@@]1(C(=O)OC)CN(C)[C@]2(C(=O)Nc3ccccc32)[C@]12C(=O)N(Cc1ccccc1)c1ccccc12. The number of methoxy groups -OCH3 is 2. The fourth-order valence-corrected chi connectivity index (χ4v) is 7.33. The van der Waals surface area contributed by atoms with Gasteiger partial charge >= 0.3 is 5.97 Å². The zero-order valence-electron chi connectivity index (χ0n) is 21.6. The maximum absolute atomic E-state index is 15.2. The molecule has 1 N–H and O–H groups in total. The number of anilines is 2. The van der Waals surface area contributed by atoms with Crippen LogP contribution in [0.3, 0.4) is 0 Å². The molecule has 0 aromatic heterocycles. The second-order valence-electron chi connectivity index (χ2n) is 10.2. The number of fused-ring (bicyclic) bond motifs is 5. The van der Waals surface area contributed by atoms with Crippen LogP contribution >= 0.6 is 0 Å². The third-order valence-corrected chi connectivity index (χ3v) is 8.55. The van der Waals surface area contributed by atoms with Gasteiger partial charge in [0.2, 0.25) is 5.91 Å². The Morgan fingerprint density at radius 2 is 1.58 bits per heavy atom. The number of ether oxygens (including phenoxy) is 2. The predicted octanol–water partition coefficient (Wildman–Crippen LogP) is 3.07. The first kappa shape index (κ1) is 24.3. The molecule has 0 unspecified atom stereocenters. The smallest absolute Gasteiger partial charge is 0.317 e. The summed E-state index contributed by atoms with van der Waals surface area (Å²) in [6, 6.07) is 24.5. The Morgan fingerprint density at radius 1 is 0.921 bits per heavy atom. The van der Waals surface area contributed by atoms with Crippen molar-refractivity contribution in [3.05, 3.63) is 95.6 Å². The van der Waals surface area contributed by atoms with E-state index in [0.717, 1.165) is 5.56 Å². The van der Waals surface area contributed by atoms with Crippen molar-refractivity contribution in [2.75, 3.05) is 44.6 Å². The van der Waals surface area contributed by atoms with Crippen LogP contribution in [0.25, 0.3) is 0 Å². The van der Waals surface area contributed by atoms with Gasteiger partial charge in [-0.05, 0) is 30.3 Å². The molecule has 1 fully saturated rings. The Hall–Kier alpha value is -4.01. The van der Waals surface area contributed by atoms with Crippen LogP contribution in [0.15, 0.2) is 78.9 Å². The highest BCUT2D eigenvalue weighted by molar-refractivity contribution is 6.20. The van der Waals surface area contributed by atoms with Gasteiger partial charge in [0.05, 0.1) is 20.3 Å². The second kappa shape index (κ2) is 8.51. The molecule has 38 heavy (non-hydrogen) atoms. The summed E-state index contributed by atoms with van der Waals surface area (Å²) in [5.41, 5.74) is -1.22. The van der Waals surface area contributed by atoms with E-state index in [0.29, 0.717) is 22.5 Å². The number of rotatable bonds is 5. The third kappa shape index (κ3) is 2.68. The lowest BCUT2D eigenvalue weighted by atomic mass is 9.53. The van der Waals surface area contributed by atoms with Gasteiger partial charge in [0, 0.05) is 30.6 Å². The standard InChI is InChI=1S/C30H29N3O5/c1-32-18-28(19-37-2,27(36)38-3)29(30(32)21-13-7-9-15-23(21)31-25(30)34)22-14-8-10-16-24(22)33(26(29)35)17-20-11-5-4-6-12-20/h4-16H,17-19H2,1-3H3,(H,31,34)/t28-,29-,30-/m1/s1. The molecule has 8 heteroatoms. The number of benzene rings is 3. The number of likely N-dealkylation sites (N-methyl/N-ethyl adjacent to an activating group) is 1. The fourth-order valence-electron chi connectivity index (χ4n) is 7.33. The lowest BCUT2D eigenvalue weighted by Gasteiger charge is -2.46. The zero-order valence-corrected chi connectivity index (χ0v) is 21.6. The van der Waals surface area contributed by atoms with Crippen LogP contribution in [0.5, 0.6) is 0 Å². The highest BCUT2D eigenvalue weighted by Crippen LogP contribution is 2.69. The lowest BCUT2D eigenvalue weighted by Crippen LogP contribution is -2.67. The summed E-state index contributed by atoms with van der Waals surface area (Å²) in [4.78, 5) is 47.1. The van der Waals surface area contributed by atoms with Crippen LogP contribution in [-0.4, -0.2) is 57.1 Å². The monoisotopic (exact) mass is 511 g/mol. The maximum Gasteiger partial charge on any atom is 0.317 e. The van der Waals surface area contributed by atoms with Gasteiger partial charge in [0.15, 0.2) is 0 Å². The first-order chi connectivity index (χ1) is 18.4. The highest BCUT2D eigenvalue weighted by atomic mass is 16.5.